The summed E-state index contributed by atoms with van der Waals surface area (Å²) in [4.78, 5) is 12.9. The van der Waals surface area contributed by atoms with Gasteiger partial charge in [-0.05, 0) is 30.9 Å². The maximum atomic E-state index is 6.34. The van der Waals surface area contributed by atoms with E-state index in [1.165, 1.54) is 5.56 Å². The maximum absolute atomic E-state index is 6.34. The SMILES string of the molecule is NC(c1cnccn1)C1CCCc2cccnc21. The lowest BCUT2D eigenvalue weighted by Gasteiger charge is -2.28. The summed E-state index contributed by atoms with van der Waals surface area (Å²) < 4.78 is 0. The average molecular weight is 240 g/mol. The molecule has 2 unspecified atom stereocenters. The molecule has 4 heteroatoms. The molecule has 0 fully saturated rings. The van der Waals surface area contributed by atoms with E-state index in [0.717, 1.165) is 30.7 Å². The van der Waals surface area contributed by atoms with Crippen molar-refractivity contribution in [3.63, 3.8) is 0 Å². The summed E-state index contributed by atoms with van der Waals surface area (Å²) in [6.45, 7) is 0. The molecular weight excluding hydrogens is 224 g/mol. The highest BCUT2D eigenvalue weighted by Crippen LogP contribution is 2.36. The summed E-state index contributed by atoms with van der Waals surface area (Å²) >= 11 is 0. The van der Waals surface area contributed by atoms with Crippen LogP contribution in [-0.2, 0) is 6.42 Å². The number of nitrogens with two attached hydrogens (primary N) is 1. The van der Waals surface area contributed by atoms with Gasteiger partial charge in [0.2, 0.25) is 0 Å². The Bertz CT molecular complexity index is 526. The first-order valence-electron chi connectivity index (χ1n) is 6.31. The minimum absolute atomic E-state index is 0.118. The van der Waals surface area contributed by atoms with E-state index >= 15 is 0 Å². The number of hydrogen-bond donors (Lipinski definition) is 1. The van der Waals surface area contributed by atoms with Gasteiger partial charge in [-0.15, -0.1) is 0 Å². The fourth-order valence-electron chi connectivity index (χ4n) is 2.68. The predicted molar refractivity (Wildman–Crippen MR) is 68.9 cm³/mol. The molecule has 92 valence electrons. The predicted octanol–water partition coefficient (Wildman–Crippen LogP) is 1.99. The monoisotopic (exact) mass is 240 g/mol. The van der Waals surface area contributed by atoms with E-state index < -0.39 is 0 Å². The minimum Gasteiger partial charge on any atom is -0.322 e. The van der Waals surface area contributed by atoms with Crippen LogP contribution >= 0.6 is 0 Å². The molecule has 1 aliphatic carbocycles. The normalized spacial score (nSPS) is 20.2. The smallest absolute Gasteiger partial charge is 0.0760 e. The summed E-state index contributed by atoms with van der Waals surface area (Å²) in [7, 11) is 0. The molecule has 18 heavy (non-hydrogen) atoms. The highest BCUT2D eigenvalue weighted by Gasteiger charge is 2.28. The third kappa shape index (κ3) is 1.99. The molecule has 2 N–H and O–H groups in total. The van der Waals surface area contributed by atoms with Gasteiger partial charge in [0.1, 0.15) is 0 Å². The fourth-order valence-corrected chi connectivity index (χ4v) is 2.68. The Hall–Kier alpha value is -1.81. The van der Waals surface area contributed by atoms with Crippen LogP contribution < -0.4 is 5.73 Å². The number of nitrogens with zero attached hydrogens (tertiary/aromatic N) is 3. The molecule has 4 nitrogen and oxygen atoms in total. The van der Waals surface area contributed by atoms with Crippen LogP contribution in [-0.4, -0.2) is 15.0 Å². The molecular formula is C14H16N4. The van der Waals surface area contributed by atoms with E-state index in [0.29, 0.717) is 0 Å². The zero-order valence-electron chi connectivity index (χ0n) is 10.2. The highest BCUT2D eigenvalue weighted by molar-refractivity contribution is 5.28. The number of rotatable bonds is 2. The van der Waals surface area contributed by atoms with Crippen molar-refractivity contribution in [2.24, 2.45) is 5.73 Å². The van der Waals surface area contributed by atoms with Gasteiger partial charge in [-0.2, -0.15) is 0 Å². The van der Waals surface area contributed by atoms with Crippen LogP contribution in [0.3, 0.4) is 0 Å². The molecule has 0 spiro atoms. The Morgan fingerprint density at radius 3 is 3.00 bits per heavy atom. The van der Waals surface area contributed by atoms with Gasteiger partial charge >= 0.3 is 0 Å². The fraction of sp³-hybridized carbons (Fsp3) is 0.357. The van der Waals surface area contributed by atoms with E-state index in [-0.39, 0.29) is 12.0 Å². The van der Waals surface area contributed by atoms with E-state index in [4.69, 9.17) is 5.73 Å². The van der Waals surface area contributed by atoms with Crippen molar-refractivity contribution < 1.29 is 0 Å². The molecule has 2 aromatic rings. The molecule has 3 rings (SSSR count). The Kier molecular flexibility index (Phi) is 3.02. The van der Waals surface area contributed by atoms with Crippen LogP contribution in [0.1, 0.15) is 41.8 Å². The molecule has 0 amide bonds. The van der Waals surface area contributed by atoms with Crippen molar-refractivity contribution in [1.29, 1.82) is 0 Å². The largest absolute Gasteiger partial charge is 0.322 e. The van der Waals surface area contributed by atoms with Gasteiger partial charge in [-0.25, -0.2) is 0 Å². The Morgan fingerprint density at radius 2 is 2.17 bits per heavy atom. The lowest BCUT2D eigenvalue weighted by molar-refractivity contribution is 0.455. The van der Waals surface area contributed by atoms with Crippen LogP contribution in [0.15, 0.2) is 36.9 Å². The van der Waals surface area contributed by atoms with Crippen LogP contribution in [0, 0.1) is 0 Å². The van der Waals surface area contributed by atoms with Gasteiger partial charge in [0.05, 0.1) is 11.7 Å². The third-order valence-electron chi connectivity index (χ3n) is 3.60. The van der Waals surface area contributed by atoms with Gasteiger partial charge in [0.15, 0.2) is 0 Å². The molecule has 0 aromatic carbocycles. The Balaban J connectivity index is 1.94. The van der Waals surface area contributed by atoms with Crippen LogP contribution in [0.4, 0.5) is 0 Å². The van der Waals surface area contributed by atoms with Crippen molar-refractivity contribution in [1.82, 2.24) is 15.0 Å². The summed E-state index contributed by atoms with van der Waals surface area (Å²) in [5.41, 5.74) is 9.66. The Labute approximate surface area is 106 Å². The van der Waals surface area contributed by atoms with Gasteiger partial charge < -0.3 is 5.73 Å². The molecule has 2 aromatic heterocycles. The quantitative estimate of drug-likeness (QED) is 0.871. The summed E-state index contributed by atoms with van der Waals surface area (Å²) in [5.74, 6) is 0.256. The number of pyridine rings is 1. The first kappa shape index (κ1) is 11.3. The van der Waals surface area contributed by atoms with E-state index in [2.05, 4.69) is 21.0 Å². The van der Waals surface area contributed by atoms with Crippen molar-refractivity contribution in [3.05, 3.63) is 53.9 Å². The number of hydrogen-bond acceptors (Lipinski definition) is 4. The molecule has 2 heterocycles. The first-order chi connectivity index (χ1) is 8.86. The molecule has 2 atom stereocenters. The second-order valence-corrected chi connectivity index (χ2v) is 4.70. The van der Waals surface area contributed by atoms with Gasteiger partial charge in [0, 0.05) is 36.4 Å². The molecule has 0 saturated carbocycles. The third-order valence-corrected chi connectivity index (χ3v) is 3.60. The summed E-state index contributed by atoms with van der Waals surface area (Å²) in [6, 6.07) is 4.03. The number of aromatic nitrogens is 3. The molecule has 1 aliphatic rings. The Morgan fingerprint density at radius 1 is 1.22 bits per heavy atom. The molecule has 0 saturated heterocycles. The van der Waals surface area contributed by atoms with Crippen molar-refractivity contribution in [3.8, 4) is 0 Å². The van der Waals surface area contributed by atoms with Gasteiger partial charge in [-0.3, -0.25) is 15.0 Å². The van der Waals surface area contributed by atoms with Crippen molar-refractivity contribution >= 4 is 0 Å². The summed E-state index contributed by atoms with van der Waals surface area (Å²) in [6.07, 6.45) is 10.3. The first-order valence-corrected chi connectivity index (χ1v) is 6.31. The van der Waals surface area contributed by atoms with Crippen LogP contribution in [0.5, 0.6) is 0 Å². The lowest BCUT2D eigenvalue weighted by atomic mass is 9.81. The van der Waals surface area contributed by atoms with Gasteiger partial charge in [-0.1, -0.05) is 6.07 Å². The maximum Gasteiger partial charge on any atom is 0.0760 e. The molecule has 0 aliphatic heterocycles. The molecule has 0 radical (unpaired) electrons. The van der Waals surface area contributed by atoms with E-state index in [1.807, 2.05) is 12.3 Å². The second-order valence-electron chi connectivity index (χ2n) is 4.70. The van der Waals surface area contributed by atoms with Crippen molar-refractivity contribution in [2.75, 3.05) is 0 Å². The zero-order valence-corrected chi connectivity index (χ0v) is 10.2. The van der Waals surface area contributed by atoms with E-state index in [9.17, 15) is 0 Å². The molecule has 0 bridgehead atoms. The van der Waals surface area contributed by atoms with Crippen molar-refractivity contribution in [2.45, 2.75) is 31.2 Å². The second kappa shape index (κ2) is 4.82. The zero-order chi connectivity index (χ0) is 12.4. The number of aryl methyl sites for hydroxylation is 1. The summed E-state index contributed by atoms with van der Waals surface area (Å²) in [5, 5.41) is 0. The average Bonchev–Trinajstić information content (AvgIpc) is 2.47. The lowest BCUT2D eigenvalue weighted by Crippen LogP contribution is -2.25. The van der Waals surface area contributed by atoms with Crippen LogP contribution in [0.2, 0.25) is 0 Å². The topological polar surface area (TPSA) is 64.7 Å². The number of fused-ring (bicyclic) bond motifs is 1. The van der Waals surface area contributed by atoms with Gasteiger partial charge in [0.25, 0.3) is 0 Å². The highest BCUT2D eigenvalue weighted by atomic mass is 14.8. The van der Waals surface area contributed by atoms with Crippen LogP contribution in [0.25, 0.3) is 0 Å². The standard InChI is InChI=1S/C14H16N4/c15-13(12-9-16-7-8-17-12)11-5-1-3-10-4-2-6-18-14(10)11/h2,4,6-9,11,13H,1,3,5,15H2. The minimum atomic E-state index is -0.118. The van der Waals surface area contributed by atoms with E-state index in [1.54, 1.807) is 18.6 Å².